The maximum atomic E-state index is 10.1. The zero-order valence-corrected chi connectivity index (χ0v) is 12.3. The first-order valence-electron chi connectivity index (χ1n) is 7.36. The van der Waals surface area contributed by atoms with E-state index >= 15 is 0 Å². The largest absolute Gasteiger partial charge is 0.508 e. The van der Waals surface area contributed by atoms with E-state index in [-0.39, 0.29) is 12.4 Å². The molecule has 0 aromatic heterocycles. The van der Waals surface area contributed by atoms with E-state index in [4.69, 9.17) is 5.11 Å². The number of rotatable bonds is 6. The van der Waals surface area contributed by atoms with Crippen molar-refractivity contribution in [1.29, 1.82) is 0 Å². The van der Waals surface area contributed by atoms with Crippen LogP contribution >= 0.6 is 0 Å². The van der Waals surface area contributed by atoms with Crippen LogP contribution in [0.4, 0.5) is 0 Å². The quantitative estimate of drug-likeness (QED) is 0.763. The predicted octanol–water partition coefficient (Wildman–Crippen LogP) is 3.33. The smallest absolute Gasteiger partial charge is 0.121 e. The van der Waals surface area contributed by atoms with Crippen molar-refractivity contribution in [2.24, 2.45) is 0 Å². The number of aliphatic hydroxyl groups excluding tert-OH is 1. The Morgan fingerprint density at radius 3 is 1.86 bits per heavy atom. The summed E-state index contributed by atoms with van der Waals surface area (Å²) in [6.45, 7) is 1.96. The van der Waals surface area contributed by atoms with Crippen molar-refractivity contribution in [3.8, 4) is 11.5 Å². The number of aryl methyl sites for hydroxylation is 3. The van der Waals surface area contributed by atoms with Crippen LogP contribution < -0.4 is 0 Å². The Morgan fingerprint density at radius 1 is 0.762 bits per heavy atom. The molecular formula is C18H22O3. The SMILES string of the molecule is CCCc1ccc(CCc2ccc(CO)c(O)c2)c(O)c1. The van der Waals surface area contributed by atoms with Crippen molar-refractivity contribution in [1.82, 2.24) is 0 Å². The second-order valence-corrected chi connectivity index (χ2v) is 5.33. The molecule has 2 aromatic rings. The van der Waals surface area contributed by atoms with Crippen molar-refractivity contribution < 1.29 is 15.3 Å². The van der Waals surface area contributed by atoms with Crippen LogP contribution in [0.3, 0.4) is 0 Å². The van der Waals surface area contributed by atoms with Crippen LogP contribution in [0.5, 0.6) is 11.5 Å². The highest BCUT2D eigenvalue weighted by Gasteiger charge is 2.05. The number of hydrogen-bond donors (Lipinski definition) is 3. The molecule has 0 unspecified atom stereocenters. The lowest BCUT2D eigenvalue weighted by atomic mass is 10.00. The summed E-state index contributed by atoms with van der Waals surface area (Å²) < 4.78 is 0. The molecule has 0 aliphatic heterocycles. The second-order valence-electron chi connectivity index (χ2n) is 5.33. The zero-order chi connectivity index (χ0) is 15.2. The van der Waals surface area contributed by atoms with Gasteiger partial charge in [0.25, 0.3) is 0 Å². The van der Waals surface area contributed by atoms with Crippen LogP contribution in [-0.4, -0.2) is 15.3 Å². The lowest BCUT2D eigenvalue weighted by molar-refractivity contribution is 0.275. The van der Waals surface area contributed by atoms with E-state index in [1.54, 1.807) is 12.1 Å². The van der Waals surface area contributed by atoms with E-state index in [2.05, 4.69) is 13.0 Å². The minimum absolute atomic E-state index is 0.123. The number of phenolic OH excluding ortho intramolecular Hbond substituents is 1. The van der Waals surface area contributed by atoms with Crippen LogP contribution in [-0.2, 0) is 25.9 Å². The van der Waals surface area contributed by atoms with Gasteiger partial charge < -0.3 is 15.3 Å². The predicted molar refractivity (Wildman–Crippen MR) is 83.5 cm³/mol. The van der Waals surface area contributed by atoms with Gasteiger partial charge in [-0.05, 0) is 48.1 Å². The summed E-state index contributed by atoms with van der Waals surface area (Å²) in [6.07, 6.45) is 3.50. The van der Waals surface area contributed by atoms with Crippen molar-refractivity contribution in [3.05, 3.63) is 58.7 Å². The Kier molecular flexibility index (Phi) is 5.23. The summed E-state index contributed by atoms with van der Waals surface area (Å²) in [6, 6.07) is 11.2. The second kappa shape index (κ2) is 7.14. The highest BCUT2D eigenvalue weighted by Crippen LogP contribution is 2.23. The van der Waals surface area contributed by atoms with Gasteiger partial charge in [0.15, 0.2) is 0 Å². The lowest BCUT2D eigenvalue weighted by Crippen LogP contribution is -1.94. The Morgan fingerprint density at radius 2 is 1.33 bits per heavy atom. The van der Waals surface area contributed by atoms with E-state index in [9.17, 15) is 10.2 Å². The zero-order valence-electron chi connectivity index (χ0n) is 12.3. The van der Waals surface area contributed by atoms with E-state index < -0.39 is 0 Å². The number of benzene rings is 2. The van der Waals surface area contributed by atoms with Crippen LogP contribution in [0.15, 0.2) is 36.4 Å². The van der Waals surface area contributed by atoms with Gasteiger partial charge in [-0.25, -0.2) is 0 Å². The van der Waals surface area contributed by atoms with E-state index in [1.807, 2.05) is 18.2 Å². The van der Waals surface area contributed by atoms with Crippen molar-refractivity contribution in [2.45, 2.75) is 39.2 Å². The minimum Gasteiger partial charge on any atom is -0.508 e. The fourth-order valence-corrected chi connectivity index (χ4v) is 2.44. The monoisotopic (exact) mass is 286 g/mol. The fraction of sp³-hybridized carbons (Fsp3) is 0.333. The number of aliphatic hydroxyl groups is 1. The summed E-state index contributed by atoms with van der Waals surface area (Å²) in [5.41, 5.74) is 3.59. The Hall–Kier alpha value is -2.00. The Balaban J connectivity index is 2.04. The highest BCUT2D eigenvalue weighted by atomic mass is 16.3. The molecule has 0 amide bonds. The van der Waals surface area contributed by atoms with Crippen LogP contribution in [0.1, 0.15) is 35.6 Å². The van der Waals surface area contributed by atoms with Crippen LogP contribution in [0.2, 0.25) is 0 Å². The van der Waals surface area contributed by atoms with E-state index in [0.717, 1.165) is 42.4 Å². The molecule has 0 saturated heterocycles. The van der Waals surface area contributed by atoms with Gasteiger partial charge in [-0.1, -0.05) is 37.6 Å². The first-order chi connectivity index (χ1) is 10.1. The molecule has 21 heavy (non-hydrogen) atoms. The van der Waals surface area contributed by atoms with Crippen molar-refractivity contribution in [3.63, 3.8) is 0 Å². The molecule has 0 radical (unpaired) electrons. The van der Waals surface area contributed by atoms with Crippen LogP contribution in [0.25, 0.3) is 0 Å². The van der Waals surface area contributed by atoms with Gasteiger partial charge in [0, 0.05) is 5.56 Å². The Labute approximate surface area is 125 Å². The van der Waals surface area contributed by atoms with Crippen molar-refractivity contribution >= 4 is 0 Å². The lowest BCUT2D eigenvalue weighted by Gasteiger charge is -2.08. The molecule has 2 aromatic carbocycles. The maximum absolute atomic E-state index is 10.1. The van der Waals surface area contributed by atoms with Gasteiger partial charge in [-0.3, -0.25) is 0 Å². The van der Waals surface area contributed by atoms with Gasteiger partial charge >= 0.3 is 0 Å². The number of hydrogen-bond acceptors (Lipinski definition) is 3. The summed E-state index contributed by atoms with van der Waals surface area (Å²) in [5.74, 6) is 0.467. The highest BCUT2D eigenvalue weighted by molar-refractivity contribution is 5.39. The molecule has 112 valence electrons. The first-order valence-corrected chi connectivity index (χ1v) is 7.36. The third-order valence-electron chi connectivity index (χ3n) is 3.69. The van der Waals surface area contributed by atoms with E-state index in [0.29, 0.717) is 11.3 Å². The standard InChI is InChI=1S/C18H22O3/c1-2-3-13-4-7-15(17(20)10-13)8-5-14-6-9-16(12-19)18(21)11-14/h4,6-7,9-11,19-21H,2-3,5,8,12H2,1H3. The van der Waals surface area contributed by atoms with Gasteiger partial charge in [-0.2, -0.15) is 0 Å². The molecule has 0 aliphatic carbocycles. The normalized spacial score (nSPS) is 10.8. The summed E-state index contributed by atoms with van der Waals surface area (Å²) in [4.78, 5) is 0. The average Bonchev–Trinajstić information content (AvgIpc) is 2.47. The van der Waals surface area contributed by atoms with Gasteiger partial charge in [-0.15, -0.1) is 0 Å². The maximum Gasteiger partial charge on any atom is 0.121 e. The number of phenols is 2. The van der Waals surface area contributed by atoms with Crippen molar-refractivity contribution in [2.75, 3.05) is 0 Å². The molecule has 2 rings (SSSR count). The molecule has 0 spiro atoms. The third kappa shape index (κ3) is 3.99. The van der Waals surface area contributed by atoms with Gasteiger partial charge in [0.05, 0.1) is 6.61 Å². The molecular weight excluding hydrogens is 264 g/mol. The molecule has 0 atom stereocenters. The third-order valence-corrected chi connectivity index (χ3v) is 3.69. The van der Waals surface area contributed by atoms with Crippen LogP contribution in [0, 0.1) is 0 Å². The molecule has 3 heteroatoms. The molecule has 3 nitrogen and oxygen atoms in total. The molecule has 0 fully saturated rings. The Bertz CT molecular complexity index is 605. The average molecular weight is 286 g/mol. The first kappa shape index (κ1) is 15.4. The van der Waals surface area contributed by atoms with Gasteiger partial charge in [0.1, 0.15) is 11.5 Å². The fourth-order valence-electron chi connectivity index (χ4n) is 2.44. The summed E-state index contributed by atoms with van der Waals surface area (Å²) in [7, 11) is 0. The number of aromatic hydroxyl groups is 2. The molecule has 3 N–H and O–H groups in total. The topological polar surface area (TPSA) is 60.7 Å². The molecule has 0 saturated carbocycles. The van der Waals surface area contributed by atoms with Gasteiger partial charge in [0.2, 0.25) is 0 Å². The summed E-state index contributed by atoms with van der Waals surface area (Å²) >= 11 is 0. The minimum atomic E-state index is -0.161. The molecule has 0 aliphatic rings. The van der Waals surface area contributed by atoms with E-state index in [1.165, 1.54) is 0 Å². The molecule has 0 bridgehead atoms. The summed E-state index contributed by atoms with van der Waals surface area (Å²) in [5, 5.41) is 28.8. The molecule has 0 heterocycles.